The van der Waals surface area contributed by atoms with Crippen molar-refractivity contribution >= 4 is 0 Å². The molecule has 0 aliphatic heterocycles. The second kappa shape index (κ2) is 4.36. The molecular formula is C18H16N2. The van der Waals surface area contributed by atoms with Crippen LogP contribution in [0.3, 0.4) is 0 Å². The Bertz CT molecular complexity index is 668. The van der Waals surface area contributed by atoms with E-state index in [9.17, 15) is 10.5 Å². The van der Waals surface area contributed by atoms with E-state index in [0.717, 1.165) is 5.57 Å². The van der Waals surface area contributed by atoms with E-state index >= 15 is 0 Å². The van der Waals surface area contributed by atoms with Crippen molar-refractivity contribution in [2.45, 2.75) is 13.8 Å². The number of rotatable bonds is 0. The highest BCUT2D eigenvalue weighted by atomic mass is 14.5. The fourth-order valence-corrected chi connectivity index (χ4v) is 3.57. The first kappa shape index (κ1) is 12.7. The number of hydrogen-bond donors (Lipinski definition) is 0. The molecule has 3 unspecified atom stereocenters. The Morgan fingerprint density at radius 1 is 1.05 bits per heavy atom. The Morgan fingerprint density at radius 3 is 2.50 bits per heavy atom. The van der Waals surface area contributed by atoms with Crippen LogP contribution in [0, 0.1) is 45.8 Å². The fourth-order valence-electron chi connectivity index (χ4n) is 3.57. The van der Waals surface area contributed by atoms with Gasteiger partial charge in [0.25, 0.3) is 0 Å². The minimum Gasteiger partial charge on any atom is -0.192 e. The van der Waals surface area contributed by atoms with Crippen molar-refractivity contribution in [3.8, 4) is 12.1 Å². The summed E-state index contributed by atoms with van der Waals surface area (Å²) >= 11 is 0. The molecule has 0 radical (unpaired) electrons. The normalized spacial score (nSPS) is 31.9. The lowest BCUT2D eigenvalue weighted by molar-refractivity contribution is 0.343. The van der Waals surface area contributed by atoms with Crippen LogP contribution in [0.4, 0.5) is 0 Å². The lowest BCUT2D eigenvalue weighted by Crippen LogP contribution is -2.28. The third kappa shape index (κ3) is 1.62. The number of allylic oxidation sites excluding steroid dienone is 10. The molecule has 3 aliphatic rings. The van der Waals surface area contributed by atoms with Gasteiger partial charge < -0.3 is 0 Å². The molecule has 0 spiro atoms. The van der Waals surface area contributed by atoms with E-state index < -0.39 is 0 Å². The molecule has 3 rings (SSSR count). The van der Waals surface area contributed by atoms with Crippen molar-refractivity contribution < 1.29 is 0 Å². The molecule has 0 fully saturated rings. The van der Waals surface area contributed by atoms with Crippen LogP contribution in [0.2, 0.25) is 0 Å². The lowest BCUT2D eigenvalue weighted by Gasteiger charge is -2.37. The molecule has 3 atom stereocenters. The first-order valence-corrected chi connectivity index (χ1v) is 6.89. The molecule has 0 amide bonds. The maximum absolute atomic E-state index is 9.19. The Balaban J connectivity index is 2.25. The molecular weight excluding hydrogens is 244 g/mol. The Morgan fingerprint density at radius 2 is 1.80 bits per heavy atom. The quantitative estimate of drug-likeness (QED) is 0.490. The van der Waals surface area contributed by atoms with Crippen LogP contribution in [-0.4, -0.2) is 0 Å². The van der Waals surface area contributed by atoms with E-state index in [4.69, 9.17) is 0 Å². The average Bonchev–Trinajstić information content (AvgIpc) is 2.77. The molecule has 3 aliphatic carbocycles. The van der Waals surface area contributed by atoms with Crippen molar-refractivity contribution in [3.63, 3.8) is 0 Å². The second-order valence-electron chi connectivity index (χ2n) is 6.10. The van der Waals surface area contributed by atoms with E-state index in [0.29, 0.717) is 5.92 Å². The van der Waals surface area contributed by atoms with Crippen molar-refractivity contribution in [1.82, 2.24) is 0 Å². The summed E-state index contributed by atoms with van der Waals surface area (Å²) in [7, 11) is 0. The predicted octanol–water partition coefficient (Wildman–Crippen LogP) is 3.84. The fraction of sp³-hybridized carbons (Fsp3) is 0.333. The van der Waals surface area contributed by atoms with Gasteiger partial charge >= 0.3 is 0 Å². The largest absolute Gasteiger partial charge is 0.192 e. The molecule has 0 saturated carbocycles. The molecule has 0 aromatic carbocycles. The maximum Gasteiger partial charge on any atom is 0.133 e. The van der Waals surface area contributed by atoms with Crippen LogP contribution < -0.4 is 0 Å². The van der Waals surface area contributed by atoms with Gasteiger partial charge in [0, 0.05) is 17.8 Å². The highest BCUT2D eigenvalue weighted by Crippen LogP contribution is 2.51. The third-order valence-electron chi connectivity index (χ3n) is 4.80. The van der Waals surface area contributed by atoms with Gasteiger partial charge in [0.05, 0.1) is 0 Å². The van der Waals surface area contributed by atoms with Gasteiger partial charge in [0.15, 0.2) is 0 Å². The third-order valence-corrected chi connectivity index (χ3v) is 4.80. The Hall–Kier alpha value is -2.32. The SMILES string of the molecule is CC1(C)C2=CC=CC2C2C=CC1C=CC2=C(C#N)C#N. The van der Waals surface area contributed by atoms with Gasteiger partial charge in [-0.1, -0.05) is 62.0 Å². The van der Waals surface area contributed by atoms with Gasteiger partial charge in [-0.25, -0.2) is 0 Å². The molecule has 0 heterocycles. The zero-order chi connectivity index (χ0) is 14.3. The monoisotopic (exact) mass is 260 g/mol. The summed E-state index contributed by atoms with van der Waals surface area (Å²) in [4.78, 5) is 0. The summed E-state index contributed by atoms with van der Waals surface area (Å²) in [6.45, 7) is 4.54. The molecule has 2 nitrogen and oxygen atoms in total. The van der Waals surface area contributed by atoms with Gasteiger partial charge in [-0.2, -0.15) is 10.5 Å². The summed E-state index contributed by atoms with van der Waals surface area (Å²) < 4.78 is 0. The number of nitriles is 2. The van der Waals surface area contributed by atoms with E-state index in [1.807, 2.05) is 18.2 Å². The van der Waals surface area contributed by atoms with Crippen molar-refractivity contribution in [3.05, 3.63) is 59.3 Å². The van der Waals surface area contributed by atoms with E-state index in [1.165, 1.54) is 5.57 Å². The molecule has 2 bridgehead atoms. The molecule has 0 aromatic rings. The second-order valence-corrected chi connectivity index (χ2v) is 6.10. The van der Waals surface area contributed by atoms with Gasteiger partial charge in [0.1, 0.15) is 17.7 Å². The van der Waals surface area contributed by atoms with Gasteiger partial charge in [-0.3, -0.25) is 0 Å². The van der Waals surface area contributed by atoms with Gasteiger partial charge in [-0.05, 0) is 11.0 Å². The minimum absolute atomic E-state index is 0.0703. The highest BCUT2D eigenvalue weighted by molar-refractivity contribution is 5.52. The van der Waals surface area contributed by atoms with Crippen molar-refractivity contribution in [2.24, 2.45) is 23.2 Å². The van der Waals surface area contributed by atoms with Crippen LogP contribution in [-0.2, 0) is 0 Å². The van der Waals surface area contributed by atoms with Gasteiger partial charge in [0.2, 0.25) is 0 Å². The van der Waals surface area contributed by atoms with Crippen molar-refractivity contribution in [1.29, 1.82) is 10.5 Å². The first-order chi connectivity index (χ1) is 9.59. The topological polar surface area (TPSA) is 47.6 Å². The van der Waals surface area contributed by atoms with Gasteiger partial charge in [-0.15, -0.1) is 0 Å². The molecule has 0 N–H and O–H groups in total. The standard InChI is InChI=1S/C18H16N2/c1-18(2)13-6-8-14(12(10-19)11-20)15(9-7-13)16-4-3-5-17(16)18/h3-9,13,15-16H,1-2H3. The average molecular weight is 260 g/mol. The van der Waals surface area contributed by atoms with E-state index in [-0.39, 0.29) is 22.8 Å². The van der Waals surface area contributed by atoms with E-state index in [1.54, 1.807) is 0 Å². The molecule has 2 heteroatoms. The van der Waals surface area contributed by atoms with Crippen molar-refractivity contribution in [2.75, 3.05) is 0 Å². The smallest absolute Gasteiger partial charge is 0.133 e. The number of hydrogen-bond acceptors (Lipinski definition) is 2. The lowest BCUT2D eigenvalue weighted by atomic mass is 9.67. The van der Waals surface area contributed by atoms with Crippen LogP contribution >= 0.6 is 0 Å². The maximum atomic E-state index is 9.19. The predicted molar refractivity (Wildman–Crippen MR) is 78.0 cm³/mol. The number of nitrogens with zero attached hydrogens (tertiary/aromatic N) is 2. The molecule has 20 heavy (non-hydrogen) atoms. The zero-order valence-electron chi connectivity index (χ0n) is 11.7. The summed E-state index contributed by atoms with van der Waals surface area (Å²) in [5.41, 5.74) is 2.55. The zero-order valence-corrected chi connectivity index (χ0v) is 11.7. The molecule has 98 valence electrons. The first-order valence-electron chi connectivity index (χ1n) is 6.89. The van der Waals surface area contributed by atoms with Crippen LogP contribution in [0.15, 0.2) is 59.3 Å². The molecule has 0 aromatic heterocycles. The summed E-state index contributed by atoms with van der Waals surface area (Å²) in [6.07, 6.45) is 15.0. The van der Waals surface area contributed by atoms with E-state index in [2.05, 4.69) is 50.3 Å². The highest BCUT2D eigenvalue weighted by Gasteiger charge is 2.42. The van der Waals surface area contributed by atoms with Crippen LogP contribution in [0.25, 0.3) is 0 Å². The Labute approximate surface area is 119 Å². The molecule has 0 saturated heterocycles. The summed E-state index contributed by atoms with van der Waals surface area (Å²) in [6, 6.07) is 4.09. The Kier molecular flexibility index (Phi) is 2.77. The van der Waals surface area contributed by atoms with Crippen LogP contribution in [0.1, 0.15) is 13.8 Å². The summed E-state index contributed by atoms with van der Waals surface area (Å²) in [5.74, 6) is 0.664. The van der Waals surface area contributed by atoms with Crippen LogP contribution in [0.5, 0.6) is 0 Å². The summed E-state index contributed by atoms with van der Waals surface area (Å²) in [5, 5.41) is 18.4. The minimum atomic E-state index is 0.0703. The number of fused-ring (bicyclic) bond motifs is 4.